The SMILES string of the molecule is Cc1nnc(C2CC3(C2)CN(CCOCCOCCOCCOCc2cn(CCOCCOCCOCCOCCC(=O)Oc4c(F)cc(F)cc4F)nn2)C3)n1C(C)CC1CCC(C)N1CCC(c1ccccc1)C1CCC(F)(F)CC1. The molecule has 1 spiro atoms. The van der Waals surface area contributed by atoms with E-state index >= 15 is 0 Å². The number of esters is 1. The molecule has 2 aliphatic carbocycles. The van der Waals surface area contributed by atoms with Crippen LogP contribution in [0.1, 0.15) is 125 Å². The lowest BCUT2D eigenvalue weighted by molar-refractivity contribution is -0.136. The third-order valence-electron chi connectivity index (χ3n) is 16.7. The molecule has 4 aromatic rings. The molecule has 462 valence electrons. The van der Waals surface area contributed by atoms with Crippen molar-refractivity contribution in [3.63, 3.8) is 0 Å². The number of halogens is 5. The summed E-state index contributed by atoms with van der Waals surface area (Å²) in [5, 5.41) is 17.7. The van der Waals surface area contributed by atoms with Crippen molar-refractivity contribution in [3.8, 4) is 5.75 Å². The fraction of sp³-hybridized carbons (Fsp3) is 0.717. The highest BCUT2D eigenvalue weighted by atomic mass is 19.3. The third-order valence-corrected chi connectivity index (χ3v) is 16.7. The Balaban J connectivity index is 0.575. The lowest BCUT2D eigenvalue weighted by atomic mass is 9.57. The van der Waals surface area contributed by atoms with E-state index in [2.05, 4.69) is 79.6 Å². The summed E-state index contributed by atoms with van der Waals surface area (Å²) in [6.07, 6.45) is 9.51. The van der Waals surface area contributed by atoms with Gasteiger partial charge in [0.2, 0.25) is 11.7 Å². The van der Waals surface area contributed by atoms with Crippen LogP contribution in [0.15, 0.2) is 48.7 Å². The maximum absolute atomic E-state index is 14.2. The van der Waals surface area contributed by atoms with Crippen LogP contribution in [-0.2, 0) is 55.8 Å². The predicted molar refractivity (Wildman–Crippen MR) is 297 cm³/mol. The van der Waals surface area contributed by atoms with Crippen molar-refractivity contribution in [2.75, 3.05) is 125 Å². The summed E-state index contributed by atoms with van der Waals surface area (Å²) in [6.45, 7) is 17.6. The van der Waals surface area contributed by atoms with Gasteiger partial charge in [-0.1, -0.05) is 35.5 Å². The van der Waals surface area contributed by atoms with Gasteiger partial charge >= 0.3 is 5.97 Å². The summed E-state index contributed by atoms with van der Waals surface area (Å²) in [6, 6.07) is 12.8. The number of aryl methyl sites for hydroxylation is 1. The lowest BCUT2D eigenvalue weighted by Crippen LogP contribution is -2.62. The van der Waals surface area contributed by atoms with Crippen LogP contribution in [0.4, 0.5) is 22.0 Å². The number of likely N-dealkylation sites (tertiary alicyclic amines) is 2. The van der Waals surface area contributed by atoms with E-state index in [0.717, 1.165) is 63.5 Å². The average Bonchev–Trinajstić information content (AvgIpc) is 4.11. The van der Waals surface area contributed by atoms with Gasteiger partial charge in [0.25, 0.3) is 0 Å². The molecular weight excluding hydrogens is 1090 g/mol. The van der Waals surface area contributed by atoms with Gasteiger partial charge in [-0.25, -0.2) is 26.6 Å². The second-order valence-corrected chi connectivity index (χ2v) is 22.9. The molecule has 4 atom stereocenters. The first kappa shape index (κ1) is 64.4. The third kappa shape index (κ3) is 20.0. The number of hydrogen-bond donors (Lipinski definition) is 0. The molecule has 2 aromatic heterocycles. The Morgan fingerprint density at radius 2 is 1.28 bits per heavy atom. The summed E-state index contributed by atoms with van der Waals surface area (Å²) in [4.78, 5) is 17.0. The first-order valence-corrected chi connectivity index (χ1v) is 29.9. The zero-order valence-corrected chi connectivity index (χ0v) is 48.8. The van der Waals surface area contributed by atoms with Gasteiger partial charge < -0.3 is 47.2 Å². The van der Waals surface area contributed by atoms with Crippen LogP contribution in [-0.4, -0.2) is 189 Å². The fourth-order valence-electron chi connectivity index (χ4n) is 12.5. The number of ether oxygens (including phenoxy) is 9. The molecule has 2 aliphatic heterocycles. The topological polar surface area (TPSA) is 168 Å². The second-order valence-electron chi connectivity index (χ2n) is 22.9. The van der Waals surface area contributed by atoms with Crippen LogP contribution < -0.4 is 4.74 Å². The number of benzene rings is 2. The highest BCUT2D eigenvalue weighted by Gasteiger charge is 2.54. The van der Waals surface area contributed by atoms with Crippen LogP contribution in [0.25, 0.3) is 0 Å². The smallest absolute Gasteiger partial charge is 0.313 e. The van der Waals surface area contributed by atoms with E-state index in [9.17, 15) is 26.7 Å². The molecule has 4 fully saturated rings. The first-order chi connectivity index (χ1) is 40.2. The van der Waals surface area contributed by atoms with Crippen LogP contribution in [0.5, 0.6) is 5.75 Å². The van der Waals surface area contributed by atoms with Gasteiger partial charge in [-0.3, -0.25) is 14.6 Å². The Kier molecular flexibility index (Phi) is 25.5. The number of alkyl halides is 2. The van der Waals surface area contributed by atoms with Gasteiger partial charge in [0, 0.05) is 68.7 Å². The van der Waals surface area contributed by atoms with Crippen LogP contribution >= 0.6 is 0 Å². The van der Waals surface area contributed by atoms with Crippen molar-refractivity contribution in [1.82, 2.24) is 39.6 Å². The summed E-state index contributed by atoms with van der Waals surface area (Å²) in [7, 11) is 0. The summed E-state index contributed by atoms with van der Waals surface area (Å²) < 4.78 is 122. The molecule has 23 heteroatoms. The van der Waals surface area contributed by atoms with Crippen molar-refractivity contribution in [2.24, 2.45) is 11.3 Å². The number of carbonyl (C=O) groups is 1. The molecule has 4 unspecified atom stereocenters. The van der Waals surface area contributed by atoms with Gasteiger partial charge in [0.05, 0.1) is 125 Å². The molecule has 0 radical (unpaired) electrons. The van der Waals surface area contributed by atoms with Gasteiger partial charge in [0.1, 0.15) is 23.2 Å². The number of aromatic nitrogens is 6. The summed E-state index contributed by atoms with van der Waals surface area (Å²) in [5.74, 6) is -4.91. The van der Waals surface area contributed by atoms with E-state index in [1.807, 2.05) is 12.3 Å². The summed E-state index contributed by atoms with van der Waals surface area (Å²) in [5.41, 5.74) is 2.37. The largest absolute Gasteiger partial charge is 0.420 e. The second kappa shape index (κ2) is 32.8. The van der Waals surface area contributed by atoms with Crippen LogP contribution in [0.3, 0.4) is 0 Å². The number of hydrogen-bond acceptors (Lipinski definition) is 16. The maximum Gasteiger partial charge on any atom is 0.313 e. The fourth-order valence-corrected chi connectivity index (χ4v) is 12.5. The number of rotatable bonds is 39. The Hall–Kier alpha value is -4.56. The van der Waals surface area contributed by atoms with E-state index in [-0.39, 0.29) is 39.1 Å². The van der Waals surface area contributed by atoms with Crippen molar-refractivity contribution in [1.29, 1.82) is 0 Å². The summed E-state index contributed by atoms with van der Waals surface area (Å²) >= 11 is 0. The molecule has 8 rings (SSSR count). The Bertz CT molecular complexity index is 2500. The van der Waals surface area contributed by atoms with Crippen molar-refractivity contribution < 1.29 is 69.4 Å². The highest BCUT2D eigenvalue weighted by molar-refractivity contribution is 5.72. The van der Waals surface area contributed by atoms with E-state index in [1.165, 1.54) is 18.4 Å². The molecule has 83 heavy (non-hydrogen) atoms. The predicted octanol–water partition coefficient (Wildman–Crippen LogP) is 8.91. The van der Waals surface area contributed by atoms with Crippen LogP contribution in [0, 0.1) is 35.7 Å². The van der Waals surface area contributed by atoms with Crippen molar-refractivity contribution >= 4 is 5.97 Å². The molecule has 0 amide bonds. The zero-order valence-electron chi connectivity index (χ0n) is 48.8. The first-order valence-electron chi connectivity index (χ1n) is 29.9. The molecular formula is C60H87F5N8O10. The molecule has 4 aliphatic rings. The minimum absolute atomic E-state index is 0.00998. The van der Waals surface area contributed by atoms with Crippen molar-refractivity contribution in [3.05, 3.63) is 89.0 Å². The normalized spacial score (nSPS) is 20.0. The Labute approximate surface area is 485 Å². The maximum atomic E-state index is 14.2. The molecule has 18 nitrogen and oxygen atoms in total. The highest BCUT2D eigenvalue weighted by Crippen LogP contribution is 2.56. The lowest BCUT2D eigenvalue weighted by Gasteiger charge is -2.59. The molecule has 0 N–H and O–H groups in total. The molecule has 2 aromatic carbocycles. The standard InChI is InChI=1S/C60H87F5N8O10/c1-44-9-10-52(72(44)17-13-53(47-7-5-4-6-8-47)48-11-15-60(64,65)16-12-48)35-45(2)73-46(3)66-68-58(73)49-38-59(39-49)42-70(43-59)18-21-76-24-27-79-31-32-81-33-34-82-41-51-40-71(69-67-51)19-22-77-25-28-80-30-29-78-26-23-75-20-14-56(74)83-57-54(62)36-50(61)37-55(57)63/h4-8,36-37,40,44-45,48-49,52-53H,9-35,38-39,41-43H2,1-3H3. The average molecular weight is 1180 g/mol. The molecule has 4 heterocycles. The van der Waals surface area contributed by atoms with Crippen LogP contribution in [0.2, 0.25) is 0 Å². The van der Waals surface area contributed by atoms with E-state index in [1.54, 1.807) is 4.68 Å². The molecule has 0 bridgehead atoms. The number of nitrogens with zero attached hydrogens (tertiary/aromatic N) is 8. The molecule has 2 saturated carbocycles. The van der Waals surface area contributed by atoms with Gasteiger partial charge in [-0.2, -0.15) is 0 Å². The van der Waals surface area contributed by atoms with Gasteiger partial charge in [-0.05, 0) is 101 Å². The Morgan fingerprint density at radius 3 is 1.90 bits per heavy atom. The molecule has 2 saturated heterocycles. The quantitative estimate of drug-likeness (QED) is 0.0180. The van der Waals surface area contributed by atoms with Gasteiger partial charge in [-0.15, -0.1) is 15.3 Å². The van der Waals surface area contributed by atoms with Gasteiger partial charge in [0.15, 0.2) is 11.6 Å². The minimum Gasteiger partial charge on any atom is -0.420 e. The van der Waals surface area contributed by atoms with Crippen molar-refractivity contribution in [2.45, 2.75) is 140 Å². The monoisotopic (exact) mass is 1170 g/mol. The van der Waals surface area contributed by atoms with E-state index in [4.69, 9.17) is 43.0 Å². The van der Waals surface area contributed by atoms with E-state index < -0.39 is 35.1 Å². The zero-order chi connectivity index (χ0) is 58.4. The Morgan fingerprint density at radius 1 is 0.699 bits per heavy atom. The number of carbonyl (C=O) groups excluding carboxylic acids is 1. The van der Waals surface area contributed by atoms with E-state index in [0.29, 0.717) is 164 Å². The minimum atomic E-state index is -2.52.